The zero-order valence-corrected chi connectivity index (χ0v) is 12.3. The molecule has 6 nitrogen and oxygen atoms in total. The molecule has 0 unspecified atom stereocenters. The predicted molar refractivity (Wildman–Crippen MR) is 76.6 cm³/mol. The maximum absolute atomic E-state index is 12.8. The Hall–Kier alpha value is -1.70. The van der Waals surface area contributed by atoms with Gasteiger partial charge in [0, 0.05) is 18.8 Å². The largest absolute Gasteiger partial charge is 0.468 e. The van der Waals surface area contributed by atoms with Crippen LogP contribution in [0.4, 0.5) is 0 Å². The molecule has 0 radical (unpaired) electrons. The van der Waals surface area contributed by atoms with Crippen molar-refractivity contribution in [2.75, 3.05) is 0 Å². The first kappa shape index (κ1) is 14.2. The molecule has 7 heteroatoms. The number of rotatable bonds is 6. The van der Waals surface area contributed by atoms with Crippen LogP contribution in [0, 0.1) is 0 Å². The molecule has 0 spiro atoms. The molecule has 1 saturated carbocycles. The average molecular weight is 307 g/mol. The van der Waals surface area contributed by atoms with E-state index in [2.05, 4.69) is 4.98 Å². The fraction of sp³-hybridized carbons (Fsp3) is 0.357. The third-order valence-corrected chi connectivity index (χ3v) is 5.34. The van der Waals surface area contributed by atoms with Crippen molar-refractivity contribution < 1.29 is 12.8 Å². The van der Waals surface area contributed by atoms with Crippen LogP contribution in [0.1, 0.15) is 24.3 Å². The van der Waals surface area contributed by atoms with Gasteiger partial charge in [-0.2, -0.15) is 4.31 Å². The van der Waals surface area contributed by atoms with E-state index in [1.165, 1.54) is 10.5 Å². The number of hydrogen-bond donors (Lipinski definition) is 1. The normalized spacial score (nSPS) is 15.5. The van der Waals surface area contributed by atoms with Gasteiger partial charge in [-0.25, -0.2) is 8.42 Å². The van der Waals surface area contributed by atoms with E-state index in [1.807, 2.05) is 0 Å². The van der Waals surface area contributed by atoms with Gasteiger partial charge in [-0.15, -0.1) is 0 Å². The highest BCUT2D eigenvalue weighted by atomic mass is 32.2. The minimum Gasteiger partial charge on any atom is -0.468 e. The summed E-state index contributed by atoms with van der Waals surface area (Å²) in [6.07, 6.45) is 4.68. The summed E-state index contributed by atoms with van der Waals surface area (Å²) < 4.78 is 32.3. The Bertz CT molecular complexity index is 692. The highest BCUT2D eigenvalue weighted by Crippen LogP contribution is 2.33. The van der Waals surface area contributed by atoms with Gasteiger partial charge in [-0.3, -0.25) is 4.98 Å². The quantitative estimate of drug-likeness (QED) is 0.873. The number of hydrogen-bond acceptors (Lipinski definition) is 5. The van der Waals surface area contributed by atoms with E-state index in [4.69, 9.17) is 10.2 Å². The topological polar surface area (TPSA) is 89.4 Å². The minimum atomic E-state index is -3.57. The third kappa shape index (κ3) is 2.99. The second-order valence-electron chi connectivity index (χ2n) is 5.05. The van der Waals surface area contributed by atoms with Crippen LogP contribution in [0.2, 0.25) is 0 Å². The molecule has 21 heavy (non-hydrogen) atoms. The van der Waals surface area contributed by atoms with Gasteiger partial charge < -0.3 is 10.2 Å². The third-order valence-electron chi connectivity index (χ3n) is 3.46. The Morgan fingerprint density at radius 3 is 2.67 bits per heavy atom. The van der Waals surface area contributed by atoms with Crippen LogP contribution >= 0.6 is 0 Å². The van der Waals surface area contributed by atoms with Crippen LogP contribution < -0.4 is 5.73 Å². The van der Waals surface area contributed by atoms with Gasteiger partial charge in [0.15, 0.2) is 0 Å². The number of aromatic nitrogens is 1. The van der Waals surface area contributed by atoms with Gasteiger partial charge in [0.05, 0.1) is 18.5 Å². The Labute approximate surface area is 123 Å². The summed E-state index contributed by atoms with van der Waals surface area (Å²) in [6, 6.07) is 6.78. The van der Waals surface area contributed by atoms with Crippen LogP contribution in [0.5, 0.6) is 0 Å². The molecule has 0 aromatic carbocycles. The fourth-order valence-corrected chi connectivity index (χ4v) is 3.75. The van der Waals surface area contributed by atoms with Gasteiger partial charge in [-0.05, 0) is 37.1 Å². The van der Waals surface area contributed by atoms with Crippen LogP contribution in [0.15, 0.2) is 46.0 Å². The Balaban J connectivity index is 1.89. The van der Waals surface area contributed by atoms with Crippen LogP contribution in [0.25, 0.3) is 0 Å². The first-order valence-corrected chi connectivity index (χ1v) is 8.24. The lowest BCUT2D eigenvalue weighted by atomic mass is 10.4. The van der Waals surface area contributed by atoms with E-state index in [-0.39, 0.29) is 17.5 Å². The van der Waals surface area contributed by atoms with Crippen molar-refractivity contribution in [3.63, 3.8) is 0 Å². The molecule has 0 aliphatic heterocycles. The van der Waals surface area contributed by atoms with E-state index >= 15 is 0 Å². The number of nitrogens with zero attached hydrogens (tertiary/aromatic N) is 2. The highest BCUT2D eigenvalue weighted by molar-refractivity contribution is 7.89. The summed E-state index contributed by atoms with van der Waals surface area (Å²) >= 11 is 0. The van der Waals surface area contributed by atoms with E-state index in [0.29, 0.717) is 18.0 Å². The molecule has 0 atom stereocenters. The average Bonchev–Trinajstić information content (AvgIpc) is 3.20. The molecular weight excluding hydrogens is 290 g/mol. The number of furan rings is 1. The van der Waals surface area contributed by atoms with Crippen LogP contribution in [-0.4, -0.2) is 23.7 Å². The molecule has 0 amide bonds. The molecule has 2 aromatic rings. The SMILES string of the molecule is NCc1ccc(S(=O)(=O)N(Cc2ccco2)C2CC2)cn1. The molecule has 2 aromatic heterocycles. The van der Waals surface area contributed by atoms with Gasteiger partial charge in [0.2, 0.25) is 10.0 Å². The molecule has 1 aliphatic carbocycles. The van der Waals surface area contributed by atoms with E-state index in [1.54, 1.807) is 30.5 Å². The summed E-state index contributed by atoms with van der Waals surface area (Å²) in [5.74, 6) is 0.636. The van der Waals surface area contributed by atoms with E-state index in [0.717, 1.165) is 12.8 Å². The van der Waals surface area contributed by atoms with Crippen molar-refractivity contribution in [2.45, 2.75) is 36.9 Å². The lowest BCUT2D eigenvalue weighted by Gasteiger charge is -2.20. The zero-order valence-electron chi connectivity index (χ0n) is 11.5. The first-order chi connectivity index (χ1) is 10.1. The Kier molecular flexibility index (Phi) is 3.79. The molecule has 1 fully saturated rings. The van der Waals surface area contributed by atoms with Crippen molar-refractivity contribution in [1.82, 2.24) is 9.29 Å². The summed E-state index contributed by atoms with van der Waals surface area (Å²) in [6.45, 7) is 0.539. The van der Waals surface area contributed by atoms with Crippen molar-refractivity contribution >= 4 is 10.0 Å². The molecule has 0 bridgehead atoms. The van der Waals surface area contributed by atoms with Crippen molar-refractivity contribution in [3.8, 4) is 0 Å². The van der Waals surface area contributed by atoms with E-state index < -0.39 is 10.0 Å². The zero-order chi connectivity index (χ0) is 14.9. The monoisotopic (exact) mass is 307 g/mol. The van der Waals surface area contributed by atoms with Crippen molar-refractivity contribution in [1.29, 1.82) is 0 Å². The van der Waals surface area contributed by atoms with Gasteiger partial charge in [0.1, 0.15) is 10.7 Å². The summed E-state index contributed by atoms with van der Waals surface area (Å²) in [4.78, 5) is 4.26. The van der Waals surface area contributed by atoms with Crippen molar-refractivity contribution in [2.24, 2.45) is 5.73 Å². The van der Waals surface area contributed by atoms with Crippen molar-refractivity contribution in [3.05, 3.63) is 48.2 Å². The number of nitrogens with two attached hydrogens (primary N) is 1. The van der Waals surface area contributed by atoms with Gasteiger partial charge in [-0.1, -0.05) is 0 Å². The Morgan fingerprint density at radius 1 is 1.33 bits per heavy atom. The lowest BCUT2D eigenvalue weighted by Crippen LogP contribution is -2.32. The number of pyridine rings is 1. The maximum atomic E-state index is 12.8. The second kappa shape index (κ2) is 5.59. The Morgan fingerprint density at radius 2 is 2.14 bits per heavy atom. The molecule has 2 heterocycles. The molecule has 0 saturated heterocycles. The number of sulfonamides is 1. The highest BCUT2D eigenvalue weighted by Gasteiger charge is 2.38. The summed E-state index contributed by atoms with van der Waals surface area (Å²) in [7, 11) is -3.57. The summed E-state index contributed by atoms with van der Waals surface area (Å²) in [5, 5.41) is 0. The maximum Gasteiger partial charge on any atom is 0.245 e. The van der Waals surface area contributed by atoms with Crippen LogP contribution in [-0.2, 0) is 23.1 Å². The predicted octanol–water partition coefficient (Wildman–Crippen LogP) is 1.49. The fourth-order valence-electron chi connectivity index (χ4n) is 2.15. The summed E-state index contributed by atoms with van der Waals surface area (Å²) in [5.41, 5.74) is 6.15. The second-order valence-corrected chi connectivity index (χ2v) is 6.94. The molecule has 1 aliphatic rings. The molecule has 3 rings (SSSR count). The minimum absolute atomic E-state index is 0.0503. The molecule has 112 valence electrons. The first-order valence-electron chi connectivity index (χ1n) is 6.80. The lowest BCUT2D eigenvalue weighted by molar-refractivity contribution is 0.356. The molecule has 2 N–H and O–H groups in total. The molecular formula is C14H17N3O3S. The smallest absolute Gasteiger partial charge is 0.245 e. The van der Waals surface area contributed by atoms with Crippen LogP contribution in [0.3, 0.4) is 0 Å². The van der Waals surface area contributed by atoms with Gasteiger partial charge >= 0.3 is 0 Å². The van der Waals surface area contributed by atoms with E-state index in [9.17, 15) is 8.42 Å². The van der Waals surface area contributed by atoms with Gasteiger partial charge in [0.25, 0.3) is 0 Å². The standard InChI is InChI=1S/C14H17N3O3S/c15-8-11-3-6-14(9-16-11)21(18,19)17(12-4-5-12)10-13-2-1-7-20-13/h1-3,6-7,9,12H,4-5,8,10,15H2.